The van der Waals surface area contributed by atoms with Crippen LogP contribution in [0.15, 0.2) is 41.3 Å². The topological polar surface area (TPSA) is 103 Å². The monoisotopic (exact) mass is 494 g/mol. The minimum atomic E-state index is -1.08. The minimum Gasteiger partial charge on any atom is -0.495 e. The number of thioether (sulfide) groups is 1. The Morgan fingerprint density at radius 3 is 2.58 bits per heavy atom. The van der Waals surface area contributed by atoms with Gasteiger partial charge in [-0.2, -0.15) is 0 Å². The van der Waals surface area contributed by atoms with Crippen LogP contribution in [0, 0.1) is 6.92 Å². The van der Waals surface area contributed by atoms with Crippen molar-refractivity contribution in [1.82, 2.24) is 5.32 Å². The van der Waals surface area contributed by atoms with Crippen LogP contribution in [-0.4, -0.2) is 57.0 Å². The van der Waals surface area contributed by atoms with Crippen LogP contribution in [0.1, 0.15) is 22.8 Å². The van der Waals surface area contributed by atoms with Crippen LogP contribution in [-0.2, 0) is 19.1 Å². The molecule has 0 bridgehead atoms. The molecular weight excluding hydrogens is 468 g/mol. The van der Waals surface area contributed by atoms with Gasteiger partial charge in [0.05, 0.1) is 30.7 Å². The number of anilines is 1. The van der Waals surface area contributed by atoms with Gasteiger partial charge in [-0.3, -0.25) is 9.59 Å². The van der Waals surface area contributed by atoms with Gasteiger partial charge < -0.3 is 24.8 Å². The van der Waals surface area contributed by atoms with Crippen molar-refractivity contribution in [3.63, 3.8) is 0 Å². The molecule has 33 heavy (non-hydrogen) atoms. The van der Waals surface area contributed by atoms with Crippen molar-refractivity contribution in [2.24, 2.45) is 0 Å². The zero-order chi connectivity index (χ0) is 24.4. The van der Waals surface area contributed by atoms with E-state index in [1.54, 1.807) is 50.4 Å². The number of hydrogen-bond donors (Lipinski definition) is 2. The normalized spacial score (nSPS) is 11.4. The first-order valence-electron chi connectivity index (χ1n) is 10.1. The molecule has 0 aliphatic rings. The Morgan fingerprint density at radius 1 is 1.15 bits per heavy atom. The third-order valence-electron chi connectivity index (χ3n) is 4.49. The van der Waals surface area contributed by atoms with Crippen molar-refractivity contribution < 1.29 is 28.6 Å². The van der Waals surface area contributed by atoms with Crippen molar-refractivity contribution >= 4 is 46.8 Å². The van der Waals surface area contributed by atoms with Crippen molar-refractivity contribution in [2.75, 3.05) is 38.4 Å². The van der Waals surface area contributed by atoms with Crippen LogP contribution in [0.2, 0.25) is 5.02 Å². The Labute approximate surface area is 202 Å². The lowest BCUT2D eigenvalue weighted by molar-refractivity contribution is -0.123. The molecule has 0 fully saturated rings. The van der Waals surface area contributed by atoms with Crippen LogP contribution in [0.4, 0.5) is 5.69 Å². The molecule has 178 valence electrons. The molecule has 0 saturated heterocycles. The number of methoxy groups -OCH3 is 2. The van der Waals surface area contributed by atoms with Gasteiger partial charge >= 0.3 is 5.97 Å². The van der Waals surface area contributed by atoms with E-state index in [1.807, 2.05) is 0 Å². The maximum absolute atomic E-state index is 12.7. The highest BCUT2D eigenvalue weighted by Crippen LogP contribution is 2.31. The number of carbonyl (C=O) groups is 3. The number of hydrogen-bond acceptors (Lipinski definition) is 7. The lowest BCUT2D eigenvalue weighted by Gasteiger charge is -2.17. The summed E-state index contributed by atoms with van der Waals surface area (Å²) in [5.41, 5.74) is 1.45. The van der Waals surface area contributed by atoms with Crippen molar-refractivity contribution in [3.05, 3.63) is 52.5 Å². The Morgan fingerprint density at radius 2 is 1.88 bits per heavy atom. The van der Waals surface area contributed by atoms with Gasteiger partial charge in [0.2, 0.25) is 5.91 Å². The lowest BCUT2D eigenvalue weighted by atomic mass is 10.2. The fourth-order valence-corrected chi connectivity index (χ4v) is 3.71. The van der Waals surface area contributed by atoms with E-state index in [2.05, 4.69) is 10.6 Å². The zero-order valence-electron chi connectivity index (χ0n) is 18.9. The molecule has 1 unspecified atom stereocenters. The highest BCUT2D eigenvalue weighted by Gasteiger charge is 2.22. The maximum atomic E-state index is 12.7. The van der Waals surface area contributed by atoms with E-state index in [0.717, 1.165) is 5.56 Å². The largest absolute Gasteiger partial charge is 0.495 e. The molecular formula is C23H27ClN2O6S. The van der Waals surface area contributed by atoms with Gasteiger partial charge in [0.1, 0.15) is 5.75 Å². The molecule has 0 spiro atoms. The summed E-state index contributed by atoms with van der Waals surface area (Å²) < 4.78 is 15.5. The van der Waals surface area contributed by atoms with Gasteiger partial charge in [-0.1, -0.05) is 23.7 Å². The molecule has 0 heterocycles. The number of esters is 1. The Bertz CT molecular complexity index is 1000. The van der Waals surface area contributed by atoms with E-state index < -0.39 is 18.0 Å². The van der Waals surface area contributed by atoms with E-state index in [4.69, 9.17) is 25.8 Å². The first-order chi connectivity index (χ1) is 15.8. The second-order valence-electron chi connectivity index (χ2n) is 6.97. The van der Waals surface area contributed by atoms with Gasteiger partial charge in [0, 0.05) is 29.6 Å². The molecule has 1 atom stereocenters. The number of aryl methyl sites for hydroxylation is 1. The standard InChI is InChI=1S/C23H27ClN2O6S/c1-14-11-18(19(31-4)12-17(14)24)26-22(28)15(2)32-23(29)16-7-5-6-8-20(16)33-13-21(27)25-9-10-30-3/h5-8,11-12,15H,9-10,13H2,1-4H3,(H,25,27)(H,26,28). The molecule has 0 radical (unpaired) electrons. The summed E-state index contributed by atoms with van der Waals surface area (Å²) in [7, 11) is 3.02. The Hall–Kier alpha value is -2.75. The van der Waals surface area contributed by atoms with Crippen molar-refractivity contribution in [2.45, 2.75) is 24.8 Å². The molecule has 0 aliphatic carbocycles. The second-order valence-corrected chi connectivity index (χ2v) is 8.39. The Kier molecular flexibility index (Phi) is 10.5. The number of amides is 2. The lowest BCUT2D eigenvalue weighted by Crippen LogP contribution is -2.30. The zero-order valence-corrected chi connectivity index (χ0v) is 20.5. The van der Waals surface area contributed by atoms with Crippen LogP contribution < -0.4 is 15.4 Å². The highest BCUT2D eigenvalue weighted by atomic mass is 35.5. The minimum absolute atomic E-state index is 0.125. The quantitative estimate of drug-likeness (QED) is 0.279. The van der Waals surface area contributed by atoms with Gasteiger partial charge in [-0.25, -0.2) is 4.79 Å². The van der Waals surface area contributed by atoms with Gasteiger partial charge in [-0.05, 0) is 37.6 Å². The average molecular weight is 495 g/mol. The summed E-state index contributed by atoms with van der Waals surface area (Å²) >= 11 is 7.30. The fraction of sp³-hybridized carbons (Fsp3) is 0.348. The summed E-state index contributed by atoms with van der Waals surface area (Å²) in [5.74, 6) is -0.853. The number of rotatable bonds is 11. The molecule has 2 amide bonds. The van der Waals surface area contributed by atoms with Crippen LogP contribution >= 0.6 is 23.4 Å². The van der Waals surface area contributed by atoms with Gasteiger partial charge in [-0.15, -0.1) is 11.8 Å². The van der Waals surface area contributed by atoms with Gasteiger partial charge in [0.15, 0.2) is 6.10 Å². The van der Waals surface area contributed by atoms with Crippen LogP contribution in [0.5, 0.6) is 5.75 Å². The number of nitrogens with one attached hydrogen (secondary N) is 2. The van der Waals surface area contributed by atoms with E-state index in [1.165, 1.54) is 25.8 Å². The number of halogens is 1. The Balaban J connectivity index is 2.01. The predicted octanol–water partition coefficient (Wildman–Crippen LogP) is 3.70. The number of benzene rings is 2. The molecule has 2 rings (SSSR count). The van der Waals surface area contributed by atoms with E-state index >= 15 is 0 Å². The van der Waals surface area contributed by atoms with E-state index in [-0.39, 0.29) is 17.2 Å². The molecule has 2 aromatic rings. The first-order valence-corrected chi connectivity index (χ1v) is 11.5. The summed E-state index contributed by atoms with van der Waals surface area (Å²) in [6.45, 7) is 4.10. The molecule has 0 saturated carbocycles. The second kappa shape index (κ2) is 13.1. The molecule has 8 nitrogen and oxygen atoms in total. The van der Waals surface area contributed by atoms with Gasteiger partial charge in [0.25, 0.3) is 5.91 Å². The summed E-state index contributed by atoms with van der Waals surface area (Å²) in [6.07, 6.45) is -1.08. The summed E-state index contributed by atoms with van der Waals surface area (Å²) in [5, 5.41) is 5.92. The average Bonchev–Trinajstić information content (AvgIpc) is 2.80. The molecule has 2 N–H and O–H groups in total. The van der Waals surface area contributed by atoms with E-state index in [0.29, 0.717) is 34.5 Å². The van der Waals surface area contributed by atoms with Crippen molar-refractivity contribution in [1.29, 1.82) is 0 Å². The third kappa shape index (κ3) is 7.96. The van der Waals surface area contributed by atoms with E-state index in [9.17, 15) is 14.4 Å². The predicted molar refractivity (Wildman–Crippen MR) is 128 cm³/mol. The highest BCUT2D eigenvalue weighted by molar-refractivity contribution is 8.00. The SMILES string of the molecule is COCCNC(=O)CSc1ccccc1C(=O)OC(C)C(=O)Nc1cc(C)c(Cl)cc1OC. The molecule has 2 aromatic carbocycles. The smallest absolute Gasteiger partial charge is 0.340 e. The maximum Gasteiger partial charge on any atom is 0.340 e. The first kappa shape index (κ1) is 26.5. The number of ether oxygens (including phenoxy) is 3. The number of carbonyl (C=O) groups excluding carboxylic acids is 3. The molecule has 10 heteroatoms. The third-order valence-corrected chi connectivity index (χ3v) is 5.97. The fourth-order valence-electron chi connectivity index (χ4n) is 2.69. The van der Waals surface area contributed by atoms with Crippen molar-refractivity contribution in [3.8, 4) is 5.75 Å². The van der Waals surface area contributed by atoms with Crippen LogP contribution in [0.25, 0.3) is 0 Å². The summed E-state index contributed by atoms with van der Waals surface area (Å²) in [4.78, 5) is 37.9. The summed E-state index contributed by atoms with van der Waals surface area (Å²) in [6, 6.07) is 10.0. The van der Waals surface area contributed by atoms with Crippen LogP contribution in [0.3, 0.4) is 0 Å². The molecule has 0 aromatic heterocycles. The molecule has 0 aliphatic heterocycles.